The van der Waals surface area contributed by atoms with Gasteiger partial charge in [0.15, 0.2) is 6.61 Å². The summed E-state index contributed by atoms with van der Waals surface area (Å²) in [4.78, 5) is 48.6. The van der Waals surface area contributed by atoms with Crippen molar-refractivity contribution in [2.75, 3.05) is 19.7 Å². The largest absolute Gasteiger partial charge is 0.456 e. The molecule has 2 aromatic rings. The van der Waals surface area contributed by atoms with Crippen LogP contribution in [0.5, 0.6) is 0 Å². The molecule has 2 amide bonds. The number of thiophene rings is 2. The fourth-order valence-electron chi connectivity index (χ4n) is 1.74. The first-order valence-corrected chi connectivity index (χ1v) is 8.99. The van der Waals surface area contributed by atoms with Gasteiger partial charge in [0.2, 0.25) is 11.7 Å². The van der Waals surface area contributed by atoms with Gasteiger partial charge < -0.3 is 15.4 Å². The fraction of sp³-hybridized carbons (Fsp3) is 0.250. The highest BCUT2D eigenvalue weighted by atomic mass is 32.1. The van der Waals surface area contributed by atoms with E-state index in [2.05, 4.69) is 10.6 Å². The van der Waals surface area contributed by atoms with Crippen LogP contribution in [0.1, 0.15) is 24.2 Å². The summed E-state index contributed by atoms with van der Waals surface area (Å²) in [6.45, 7) is 0.881. The Morgan fingerprint density at radius 2 is 1.84 bits per heavy atom. The Kier molecular flexibility index (Phi) is 6.84. The minimum atomic E-state index is -0.723. The van der Waals surface area contributed by atoms with Crippen molar-refractivity contribution < 1.29 is 23.9 Å². The second kappa shape index (κ2) is 9.09. The maximum atomic E-state index is 11.8. The van der Waals surface area contributed by atoms with E-state index < -0.39 is 11.9 Å². The Labute approximate surface area is 152 Å². The van der Waals surface area contributed by atoms with Crippen LogP contribution in [0.15, 0.2) is 29.6 Å². The fourth-order valence-corrected chi connectivity index (χ4v) is 3.17. The molecular weight excluding hydrogens is 364 g/mol. The third-order valence-electron chi connectivity index (χ3n) is 2.96. The minimum Gasteiger partial charge on any atom is -0.456 e. The zero-order valence-corrected chi connectivity index (χ0v) is 15.0. The first-order chi connectivity index (χ1) is 12.0. The number of ether oxygens (including phenoxy) is 1. The summed E-state index contributed by atoms with van der Waals surface area (Å²) in [5, 5.41) is 6.51. The normalized spacial score (nSPS) is 10.1. The number of nitrogens with one attached hydrogen (secondary N) is 2. The van der Waals surface area contributed by atoms with E-state index in [1.54, 1.807) is 23.6 Å². The molecule has 0 saturated carbocycles. The summed E-state index contributed by atoms with van der Waals surface area (Å²) in [6, 6.07) is 6.86. The van der Waals surface area contributed by atoms with Gasteiger partial charge in [0.25, 0.3) is 5.91 Å². The molecule has 0 aliphatic carbocycles. The smallest absolute Gasteiger partial charge is 0.325 e. The average molecular weight is 380 g/mol. The Bertz CT molecular complexity index is 767. The van der Waals surface area contributed by atoms with Gasteiger partial charge in [-0.3, -0.25) is 19.2 Å². The number of ketones is 1. The number of carbonyl (C=O) groups is 4. The number of hydrogen-bond acceptors (Lipinski definition) is 7. The zero-order valence-electron chi connectivity index (χ0n) is 13.4. The van der Waals surface area contributed by atoms with Crippen molar-refractivity contribution in [1.82, 2.24) is 10.6 Å². The van der Waals surface area contributed by atoms with E-state index in [4.69, 9.17) is 4.74 Å². The highest BCUT2D eigenvalue weighted by molar-refractivity contribution is 7.14. The highest BCUT2D eigenvalue weighted by Gasteiger charge is 2.13. The molecule has 0 fully saturated rings. The minimum absolute atomic E-state index is 0.253. The molecule has 0 bridgehead atoms. The molecule has 2 N–H and O–H groups in total. The topological polar surface area (TPSA) is 102 Å². The Morgan fingerprint density at radius 1 is 1.04 bits per heavy atom. The Hall–Kier alpha value is -2.52. The summed E-state index contributed by atoms with van der Waals surface area (Å²) in [5.74, 6) is -1.90. The molecule has 0 atom stereocenters. The van der Waals surface area contributed by atoms with Crippen molar-refractivity contribution in [3.8, 4) is 0 Å². The lowest BCUT2D eigenvalue weighted by Gasteiger charge is -2.06. The quantitative estimate of drug-likeness (QED) is 0.532. The number of carbonyl (C=O) groups excluding carboxylic acids is 4. The molecule has 0 radical (unpaired) electrons. The van der Waals surface area contributed by atoms with Gasteiger partial charge in [0.1, 0.15) is 6.54 Å². The molecule has 25 heavy (non-hydrogen) atoms. The zero-order chi connectivity index (χ0) is 18.2. The summed E-state index contributed by atoms with van der Waals surface area (Å²) < 4.78 is 4.82. The molecule has 0 saturated heterocycles. The van der Waals surface area contributed by atoms with E-state index in [0.717, 1.165) is 4.88 Å². The molecule has 0 unspecified atom stereocenters. The summed E-state index contributed by atoms with van der Waals surface area (Å²) in [5.41, 5.74) is 0. The van der Waals surface area contributed by atoms with Crippen molar-refractivity contribution in [2.45, 2.75) is 6.92 Å². The molecule has 132 valence electrons. The summed E-state index contributed by atoms with van der Waals surface area (Å²) in [6.07, 6.45) is 0. The summed E-state index contributed by atoms with van der Waals surface area (Å²) >= 11 is 2.58. The van der Waals surface area contributed by atoms with E-state index in [1.165, 1.54) is 22.7 Å². The van der Waals surface area contributed by atoms with Crippen LogP contribution in [0.3, 0.4) is 0 Å². The van der Waals surface area contributed by atoms with E-state index >= 15 is 0 Å². The van der Waals surface area contributed by atoms with Gasteiger partial charge in [-0.1, -0.05) is 6.07 Å². The molecular formula is C16H16N2O5S2. The number of aryl methyl sites for hydroxylation is 1. The van der Waals surface area contributed by atoms with Crippen LogP contribution in [0.2, 0.25) is 0 Å². The van der Waals surface area contributed by atoms with Gasteiger partial charge in [0.05, 0.1) is 16.3 Å². The SMILES string of the molecule is Cc1ccc(C(=O)COC(=O)CNC(=O)CNC(=O)c2cccs2)s1. The average Bonchev–Trinajstić information content (AvgIpc) is 3.27. The van der Waals surface area contributed by atoms with Gasteiger partial charge >= 0.3 is 5.97 Å². The van der Waals surface area contributed by atoms with Gasteiger partial charge in [-0.05, 0) is 30.5 Å². The van der Waals surface area contributed by atoms with Crippen molar-refractivity contribution in [1.29, 1.82) is 0 Å². The molecule has 0 aliphatic heterocycles. The number of Topliss-reactive ketones (excluding diaryl/α,β-unsaturated/α-hetero) is 1. The third-order valence-corrected chi connectivity index (χ3v) is 4.87. The predicted octanol–water partition coefficient (Wildman–Crippen LogP) is 1.39. The van der Waals surface area contributed by atoms with Crippen LogP contribution in [0.25, 0.3) is 0 Å². The lowest BCUT2D eigenvalue weighted by atomic mass is 10.3. The van der Waals surface area contributed by atoms with Crippen molar-refractivity contribution in [3.05, 3.63) is 44.3 Å². The van der Waals surface area contributed by atoms with Gasteiger partial charge in [-0.15, -0.1) is 22.7 Å². The molecule has 2 rings (SSSR count). The second-order valence-electron chi connectivity index (χ2n) is 4.93. The Morgan fingerprint density at radius 3 is 2.48 bits per heavy atom. The first-order valence-electron chi connectivity index (χ1n) is 7.29. The predicted molar refractivity (Wildman–Crippen MR) is 94.0 cm³/mol. The summed E-state index contributed by atoms with van der Waals surface area (Å²) in [7, 11) is 0. The van der Waals surface area contributed by atoms with Crippen LogP contribution in [0, 0.1) is 6.92 Å². The van der Waals surface area contributed by atoms with E-state index in [0.29, 0.717) is 9.75 Å². The monoisotopic (exact) mass is 380 g/mol. The molecule has 0 aliphatic rings. The molecule has 0 aromatic carbocycles. The second-order valence-corrected chi connectivity index (χ2v) is 7.17. The maximum Gasteiger partial charge on any atom is 0.325 e. The molecule has 9 heteroatoms. The third kappa shape index (κ3) is 6.12. The van der Waals surface area contributed by atoms with Crippen LogP contribution < -0.4 is 10.6 Å². The van der Waals surface area contributed by atoms with Crippen molar-refractivity contribution >= 4 is 46.2 Å². The molecule has 2 aromatic heterocycles. The van der Waals surface area contributed by atoms with E-state index in [1.807, 2.05) is 13.0 Å². The number of amides is 2. The molecule has 0 spiro atoms. The van der Waals surface area contributed by atoms with Crippen molar-refractivity contribution in [2.24, 2.45) is 0 Å². The Balaban J connectivity index is 1.63. The van der Waals surface area contributed by atoms with Crippen LogP contribution in [-0.2, 0) is 14.3 Å². The highest BCUT2D eigenvalue weighted by Crippen LogP contribution is 2.15. The maximum absolute atomic E-state index is 11.8. The van der Waals surface area contributed by atoms with Crippen molar-refractivity contribution in [3.63, 3.8) is 0 Å². The van der Waals surface area contributed by atoms with Gasteiger partial charge in [-0.25, -0.2) is 0 Å². The first kappa shape index (κ1) is 18.8. The molecule has 2 heterocycles. The number of rotatable bonds is 8. The number of hydrogen-bond donors (Lipinski definition) is 2. The van der Waals surface area contributed by atoms with Crippen LogP contribution in [0.4, 0.5) is 0 Å². The molecule has 7 nitrogen and oxygen atoms in total. The van der Waals surface area contributed by atoms with Crippen LogP contribution in [-0.4, -0.2) is 43.3 Å². The van der Waals surface area contributed by atoms with Gasteiger partial charge in [-0.2, -0.15) is 0 Å². The lowest BCUT2D eigenvalue weighted by molar-refractivity contribution is -0.142. The van der Waals surface area contributed by atoms with Crippen LogP contribution >= 0.6 is 22.7 Å². The van der Waals surface area contributed by atoms with E-state index in [9.17, 15) is 19.2 Å². The van der Waals surface area contributed by atoms with E-state index in [-0.39, 0.29) is 31.4 Å². The standard InChI is InChI=1S/C16H16N2O5S2/c1-10-4-5-12(25-10)11(19)9-23-15(21)8-17-14(20)7-18-16(22)13-3-2-6-24-13/h2-6H,7-9H2,1H3,(H,17,20)(H,18,22). The van der Waals surface area contributed by atoms with Gasteiger partial charge in [0, 0.05) is 4.88 Å². The number of esters is 1. The lowest BCUT2D eigenvalue weighted by Crippen LogP contribution is -2.39.